The Morgan fingerprint density at radius 2 is 2.20 bits per heavy atom. The first-order chi connectivity index (χ1) is 7.05. The fourth-order valence-electron chi connectivity index (χ4n) is 3.32. The number of aliphatic hydroxyl groups excluding tert-OH is 1. The molecule has 2 saturated carbocycles. The Kier molecular flexibility index (Phi) is 2.76. The summed E-state index contributed by atoms with van der Waals surface area (Å²) in [5.41, 5.74) is 3.07. The van der Waals surface area contributed by atoms with Gasteiger partial charge in [-0.2, -0.15) is 0 Å². The van der Waals surface area contributed by atoms with Crippen molar-refractivity contribution in [3.05, 3.63) is 23.3 Å². The molecule has 1 heteroatoms. The van der Waals surface area contributed by atoms with Crippen molar-refractivity contribution < 1.29 is 5.11 Å². The fourth-order valence-corrected chi connectivity index (χ4v) is 3.32. The van der Waals surface area contributed by atoms with Gasteiger partial charge < -0.3 is 5.11 Å². The van der Waals surface area contributed by atoms with Crippen LogP contribution in [-0.4, -0.2) is 11.7 Å². The molecule has 0 aromatic heterocycles. The third-order valence-corrected chi connectivity index (χ3v) is 4.43. The van der Waals surface area contributed by atoms with Crippen LogP contribution in [0.15, 0.2) is 23.3 Å². The van der Waals surface area contributed by atoms with E-state index in [1.54, 1.807) is 5.57 Å². The molecule has 0 aromatic rings. The van der Waals surface area contributed by atoms with Crippen LogP contribution in [0.5, 0.6) is 0 Å². The van der Waals surface area contributed by atoms with Gasteiger partial charge in [-0.15, -0.1) is 0 Å². The van der Waals surface area contributed by atoms with Gasteiger partial charge in [0.25, 0.3) is 0 Å². The first kappa shape index (κ1) is 10.9. The lowest BCUT2D eigenvalue weighted by Gasteiger charge is -2.32. The van der Waals surface area contributed by atoms with Crippen molar-refractivity contribution in [2.45, 2.75) is 40.0 Å². The summed E-state index contributed by atoms with van der Waals surface area (Å²) in [5.74, 6) is 1.73. The molecule has 1 N–H and O–H groups in total. The summed E-state index contributed by atoms with van der Waals surface area (Å²) in [5, 5.41) is 8.97. The maximum atomic E-state index is 8.97. The fraction of sp³-hybridized carbons (Fsp3) is 0.714. The van der Waals surface area contributed by atoms with Crippen LogP contribution in [0.3, 0.4) is 0 Å². The van der Waals surface area contributed by atoms with Gasteiger partial charge in [-0.05, 0) is 49.0 Å². The van der Waals surface area contributed by atoms with Crippen molar-refractivity contribution in [3.8, 4) is 0 Å². The summed E-state index contributed by atoms with van der Waals surface area (Å²) in [4.78, 5) is 0. The number of fused-ring (bicyclic) bond motifs is 2. The molecule has 0 spiro atoms. The number of hydrogen-bond acceptors (Lipinski definition) is 1. The van der Waals surface area contributed by atoms with Gasteiger partial charge in [-0.3, -0.25) is 0 Å². The van der Waals surface area contributed by atoms with Crippen LogP contribution in [0.2, 0.25) is 0 Å². The van der Waals surface area contributed by atoms with E-state index in [0.29, 0.717) is 5.41 Å². The molecule has 2 aliphatic rings. The third-order valence-electron chi connectivity index (χ3n) is 4.43. The van der Waals surface area contributed by atoms with Crippen molar-refractivity contribution >= 4 is 0 Å². The molecule has 2 fully saturated rings. The van der Waals surface area contributed by atoms with Gasteiger partial charge >= 0.3 is 0 Å². The average molecular weight is 206 g/mol. The van der Waals surface area contributed by atoms with Crippen molar-refractivity contribution in [3.63, 3.8) is 0 Å². The number of aliphatic hydroxyl groups is 1. The second kappa shape index (κ2) is 3.79. The monoisotopic (exact) mass is 206 g/mol. The highest BCUT2D eigenvalue weighted by Gasteiger charge is 2.48. The molecular formula is C14H22O. The minimum atomic E-state index is 0.179. The second-order valence-corrected chi connectivity index (χ2v) is 5.72. The van der Waals surface area contributed by atoms with Crippen molar-refractivity contribution in [1.82, 2.24) is 0 Å². The minimum Gasteiger partial charge on any atom is -0.392 e. The Hall–Kier alpha value is -0.560. The molecule has 15 heavy (non-hydrogen) atoms. The molecule has 2 rings (SSSR count). The molecule has 2 unspecified atom stereocenters. The SMILES string of the molecule is C/C(=C/C=C1/C2CCC(C2)C1(C)C)CO. The quantitative estimate of drug-likeness (QED) is 0.735. The smallest absolute Gasteiger partial charge is 0.0642 e. The third kappa shape index (κ3) is 1.78. The van der Waals surface area contributed by atoms with Crippen LogP contribution >= 0.6 is 0 Å². The van der Waals surface area contributed by atoms with Gasteiger partial charge in [-0.25, -0.2) is 0 Å². The lowest BCUT2D eigenvalue weighted by molar-refractivity contribution is 0.288. The predicted octanol–water partition coefficient (Wildman–Crippen LogP) is 3.31. The second-order valence-electron chi connectivity index (χ2n) is 5.72. The van der Waals surface area contributed by atoms with Crippen LogP contribution in [0.4, 0.5) is 0 Å². The summed E-state index contributed by atoms with van der Waals surface area (Å²) in [6.07, 6.45) is 8.56. The van der Waals surface area contributed by atoms with E-state index in [-0.39, 0.29) is 6.61 Å². The zero-order chi connectivity index (χ0) is 11.1. The van der Waals surface area contributed by atoms with Crippen LogP contribution in [0, 0.1) is 17.3 Å². The predicted molar refractivity (Wildman–Crippen MR) is 63.5 cm³/mol. The van der Waals surface area contributed by atoms with Crippen LogP contribution in [0.1, 0.15) is 40.0 Å². The summed E-state index contributed by atoms with van der Waals surface area (Å²) in [7, 11) is 0. The maximum absolute atomic E-state index is 8.97. The zero-order valence-corrected chi connectivity index (χ0v) is 10.1. The molecule has 2 atom stereocenters. The van der Waals surface area contributed by atoms with Crippen molar-refractivity contribution in [2.24, 2.45) is 17.3 Å². The molecule has 0 aliphatic heterocycles. The lowest BCUT2D eigenvalue weighted by atomic mass is 9.72. The lowest BCUT2D eigenvalue weighted by Crippen LogP contribution is -2.22. The van der Waals surface area contributed by atoms with Crippen molar-refractivity contribution in [1.29, 1.82) is 0 Å². The first-order valence-corrected chi connectivity index (χ1v) is 6.04. The van der Waals surface area contributed by atoms with Crippen molar-refractivity contribution in [2.75, 3.05) is 6.61 Å². The highest BCUT2D eigenvalue weighted by molar-refractivity contribution is 5.30. The largest absolute Gasteiger partial charge is 0.392 e. The van der Waals surface area contributed by atoms with E-state index in [2.05, 4.69) is 26.0 Å². The molecule has 84 valence electrons. The highest BCUT2D eigenvalue weighted by atomic mass is 16.3. The molecule has 0 saturated heterocycles. The molecule has 1 nitrogen and oxygen atoms in total. The van der Waals surface area contributed by atoms with Crippen LogP contribution < -0.4 is 0 Å². The van der Waals surface area contributed by atoms with E-state index in [9.17, 15) is 0 Å². The van der Waals surface area contributed by atoms with E-state index in [1.807, 2.05) is 6.92 Å². The minimum absolute atomic E-state index is 0.179. The summed E-state index contributed by atoms with van der Waals surface area (Å²) < 4.78 is 0. The molecule has 0 amide bonds. The maximum Gasteiger partial charge on any atom is 0.0642 e. The van der Waals surface area contributed by atoms with E-state index < -0.39 is 0 Å². The van der Waals surface area contributed by atoms with Crippen LogP contribution in [-0.2, 0) is 0 Å². The van der Waals surface area contributed by atoms with Crippen LogP contribution in [0.25, 0.3) is 0 Å². The van der Waals surface area contributed by atoms with E-state index in [1.165, 1.54) is 19.3 Å². The highest BCUT2D eigenvalue weighted by Crippen LogP contribution is 2.58. The Balaban J connectivity index is 2.22. The summed E-state index contributed by atoms with van der Waals surface area (Å²) in [6, 6.07) is 0. The summed E-state index contributed by atoms with van der Waals surface area (Å²) in [6.45, 7) is 6.92. The Bertz CT molecular complexity index is 309. The number of allylic oxidation sites excluding steroid dienone is 3. The Labute approximate surface area is 92.9 Å². The molecule has 0 heterocycles. The molecule has 2 bridgehead atoms. The Morgan fingerprint density at radius 3 is 2.73 bits per heavy atom. The number of rotatable bonds is 2. The Morgan fingerprint density at radius 1 is 1.47 bits per heavy atom. The molecule has 0 radical (unpaired) electrons. The van der Waals surface area contributed by atoms with E-state index in [4.69, 9.17) is 5.11 Å². The van der Waals surface area contributed by atoms with Gasteiger partial charge in [0.05, 0.1) is 6.61 Å². The number of hydrogen-bond donors (Lipinski definition) is 1. The average Bonchev–Trinajstić information content (AvgIpc) is 2.74. The topological polar surface area (TPSA) is 20.2 Å². The van der Waals surface area contributed by atoms with Gasteiger partial charge in [0.1, 0.15) is 0 Å². The van der Waals surface area contributed by atoms with Gasteiger partial charge in [0.15, 0.2) is 0 Å². The van der Waals surface area contributed by atoms with Gasteiger partial charge in [-0.1, -0.05) is 31.6 Å². The zero-order valence-electron chi connectivity index (χ0n) is 10.1. The van der Waals surface area contributed by atoms with Gasteiger partial charge in [0.2, 0.25) is 0 Å². The molecular weight excluding hydrogens is 184 g/mol. The molecule has 2 aliphatic carbocycles. The van der Waals surface area contributed by atoms with E-state index >= 15 is 0 Å². The molecule has 0 aromatic carbocycles. The normalized spacial score (nSPS) is 36.5. The summed E-state index contributed by atoms with van der Waals surface area (Å²) >= 11 is 0. The standard InChI is InChI=1S/C14H22O/c1-10(9-15)4-7-13-11-5-6-12(8-11)14(13,2)3/h4,7,11-12,15H,5-6,8-9H2,1-3H3/b10-4-,13-7-. The van der Waals surface area contributed by atoms with E-state index in [0.717, 1.165) is 17.4 Å². The van der Waals surface area contributed by atoms with Gasteiger partial charge in [0, 0.05) is 0 Å². The first-order valence-electron chi connectivity index (χ1n) is 6.04.